The lowest BCUT2D eigenvalue weighted by atomic mass is 10.1. The third kappa shape index (κ3) is 4.19. The lowest BCUT2D eigenvalue weighted by Gasteiger charge is -2.17. The molecule has 2 aromatic rings. The summed E-state index contributed by atoms with van der Waals surface area (Å²) in [5, 5.41) is 21.0. The number of benzene rings is 2. The number of carbonyl (C=O) groups excluding carboxylic acids is 2. The first-order chi connectivity index (χ1) is 13.6. The van der Waals surface area contributed by atoms with Gasteiger partial charge in [0.25, 0.3) is 0 Å². The summed E-state index contributed by atoms with van der Waals surface area (Å²) >= 11 is 0. The molecule has 2 N–H and O–H groups in total. The van der Waals surface area contributed by atoms with Crippen molar-refractivity contribution in [3.8, 4) is 11.5 Å². The number of hydrogen-bond acceptors (Lipinski definition) is 8. The molecule has 8 nitrogen and oxygen atoms in total. The highest BCUT2D eigenvalue weighted by molar-refractivity contribution is 7.91. The number of phenols is 2. The quantitative estimate of drug-likeness (QED) is 0.537. The highest BCUT2D eigenvalue weighted by Gasteiger charge is 2.36. The first-order valence-corrected chi connectivity index (χ1v) is 10.3. The van der Waals surface area contributed by atoms with Crippen molar-refractivity contribution in [3.05, 3.63) is 46.5 Å². The van der Waals surface area contributed by atoms with E-state index in [0.717, 1.165) is 6.07 Å². The monoisotopic (exact) mass is 422 g/mol. The van der Waals surface area contributed by atoms with Gasteiger partial charge >= 0.3 is 11.9 Å². The standard InChI is InChI=1S/C20H22O8S/c1-5-27-19(23)13-10-14(21)16(20(24)28-6-2)18(17(13)22)29(25,26)15-9-11(3)7-8-12(15)4/h7-10,21-22H,5-6H2,1-4H3. The summed E-state index contributed by atoms with van der Waals surface area (Å²) in [5.41, 5.74) is -0.359. The Balaban J connectivity index is 2.94. The average Bonchev–Trinajstić information content (AvgIpc) is 2.64. The van der Waals surface area contributed by atoms with Crippen molar-refractivity contribution >= 4 is 21.8 Å². The van der Waals surface area contributed by atoms with E-state index in [0.29, 0.717) is 11.1 Å². The van der Waals surface area contributed by atoms with E-state index in [1.54, 1.807) is 26.0 Å². The molecular formula is C20H22O8S. The lowest BCUT2D eigenvalue weighted by molar-refractivity contribution is 0.0500. The van der Waals surface area contributed by atoms with E-state index >= 15 is 0 Å². The van der Waals surface area contributed by atoms with Crippen LogP contribution in [0.15, 0.2) is 34.1 Å². The van der Waals surface area contributed by atoms with Crippen molar-refractivity contribution in [3.63, 3.8) is 0 Å². The van der Waals surface area contributed by atoms with Gasteiger partial charge in [-0.1, -0.05) is 12.1 Å². The van der Waals surface area contributed by atoms with Crippen LogP contribution in [0.5, 0.6) is 11.5 Å². The fourth-order valence-electron chi connectivity index (χ4n) is 2.77. The van der Waals surface area contributed by atoms with Crippen LogP contribution in [-0.2, 0) is 19.3 Å². The molecule has 2 rings (SSSR count). The Kier molecular flexibility index (Phi) is 6.53. The highest BCUT2D eigenvalue weighted by atomic mass is 32.2. The van der Waals surface area contributed by atoms with Crippen LogP contribution in [0.4, 0.5) is 0 Å². The summed E-state index contributed by atoms with van der Waals surface area (Å²) in [6.07, 6.45) is 0. The Hall–Kier alpha value is -3.07. The highest BCUT2D eigenvalue weighted by Crippen LogP contribution is 2.41. The molecule has 0 aliphatic heterocycles. The van der Waals surface area contributed by atoms with Gasteiger partial charge < -0.3 is 19.7 Å². The van der Waals surface area contributed by atoms with Crippen molar-refractivity contribution in [1.29, 1.82) is 0 Å². The zero-order valence-corrected chi connectivity index (χ0v) is 17.3. The minimum Gasteiger partial charge on any atom is -0.507 e. The summed E-state index contributed by atoms with van der Waals surface area (Å²) in [6, 6.07) is 5.42. The van der Waals surface area contributed by atoms with E-state index in [-0.39, 0.29) is 18.1 Å². The molecule has 0 atom stereocenters. The molecule has 0 unspecified atom stereocenters. The minimum absolute atomic E-state index is 0.0439. The van der Waals surface area contributed by atoms with Gasteiger partial charge in [0.2, 0.25) is 9.84 Å². The van der Waals surface area contributed by atoms with Gasteiger partial charge in [-0.15, -0.1) is 0 Å². The molecule has 0 bridgehead atoms. The van der Waals surface area contributed by atoms with E-state index in [9.17, 15) is 28.2 Å². The number of carbonyl (C=O) groups is 2. The molecule has 0 saturated heterocycles. The molecule has 0 spiro atoms. The number of esters is 2. The Labute approximate surface area is 168 Å². The molecule has 156 valence electrons. The Bertz CT molecular complexity index is 1070. The average molecular weight is 422 g/mol. The van der Waals surface area contributed by atoms with Crippen molar-refractivity contribution in [2.24, 2.45) is 0 Å². The second kappa shape index (κ2) is 8.52. The second-order valence-electron chi connectivity index (χ2n) is 6.21. The SMILES string of the molecule is CCOC(=O)c1cc(O)c(C(=O)OCC)c(S(=O)(=O)c2cc(C)ccc2C)c1O. The third-order valence-electron chi connectivity index (χ3n) is 4.11. The van der Waals surface area contributed by atoms with Crippen LogP contribution in [0.3, 0.4) is 0 Å². The zero-order chi connectivity index (χ0) is 21.9. The maximum atomic E-state index is 13.4. The first kappa shape index (κ1) is 22.2. The smallest absolute Gasteiger partial charge is 0.343 e. The van der Waals surface area contributed by atoms with E-state index in [1.165, 1.54) is 19.9 Å². The summed E-state index contributed by atoms with van der Waals surface area (Å²) < 4.78 is 36.5. The van der Waals surface area contributed by atoms with Gasteiger partial charge in [0.15, 0.2) is 0 Å². The number of ether oxygens (including phenoxy) is 2. The van der Waals surface area contributed by atoms with Gasteiger partial charge in [-0.25, -0.2) is 18.0 Å². The van der Waals surface area contributed by atoms with E-state index in [2.05, 4.69) is 0 Å². The van der Waals surface area contributed by atoms with Gasteiger partial charge in [0.1, 0.15) is 27.5 Å². The number of hydrogen-bond donors (Lipinski definition) is 2. The molecule has 0 fully saturated rings. The predicted molar refractivity (Wildman–Crippen MR) is 103 cm³/mol. The van der Waals surface area contributed by atoms with E-state index in [4.69, 9.17) is 9.47 Å². The van der Waals surface area contributed by atoms with Crippen molar-refractivity contribution in [2.45, 2.75) is 37.5 Å². The number of aryl methyl sites for hydroxylation is 2. The van der Waals surface area contributed by atoms with Crippen molar-refractivity contribution in [2.75, 3.05) is 13.2 Å². The normalized spacial score (nSPS) is 11.2. The van der Waals surface area contributed by atoms with Crippen LogP contribution < -0.4 is 0 Å². The predicted octanol–water partition coefficient (Wildman–Crippen LogP) is 2.90. The molecule has 29 heavy (non-hydrogen) atoms. The van der Waals surface area contributed by atoms with Gasteiger partial charge in [0, 0.05) is 0 Å². The number of phenolic OH excluding ortho intramolecular Hbond substituents is 2. The van der Waals surface area contributed by atoms with Crippen LogP contribution >= 0.6 is 0 Å². The molecule has 0 aliphatic rings. The molecule has 0 aromatic heterocycles. The third-order valence-corrected chi connectivity index (χ3v) is 6.07. The molecule has 0 saturated carbocycles. The minimum atomic E-state index is -4.53. The molecule has 0 heterocycles. The summed E-state index contributed by atoms with van der Waals surface area (Å²) in [5.74, 6) is -4.02. The number of rotatable bonds is 6. The molecule has 0 amide bonds. The maximum Gasteiger partial charge on any atom is 0.343 e. The number of aromatic hydroxyl groups is 2. The first-order valence-electron chi connectivity index (χ1n) is 8.81. The van der Waals surface area contributed by atoms with Crippen LogP contribution in [0, 0.1) is 13.8 Å². The molecule has 2 aromatic carbocycles. The molecule has 0 aliphatic carbocycles. The fourth-order valence-corrected chi connectivity index (χ4v) is 4.64. The van der Waals surface area contributed by atoms with Gasteiger partial charge in [-0.2, -0.15) is 0 Å². The van der Waals surface area contributed by atoms with E-state index < -0.39 is 49.3 Å². The summed E-state index contributed by atoms with van der Waals surface area (Å²) in [6.45, 7) is 6.11. The molecule has 9 heteroatoms. The zero-order valence-electron chi connectivity index (χ0n) is 16.5. The topological polar surface area (TPSA) is 127 Å². The Morgan fingerprint density at radius 3 is 2.14 bits per heavy atom. The van der Waals surface area contributed by atoms with Crippen LogP contribution in [0.1, 0.15) is 45.7 Å². The van der Waals surface area contributed by atoms with Crippen LogP contribution in [0.2, 0.25) is 0 Å². The Morgan fingerprint density at radius 1 is 0.966 bits per heavy atom. The lowest BCUT2D eigenvalue weighted by Crippen LogP contribution is -2.16. The Morgan fingerprint density at radius 2 is 1.55 bits per heavy atom. The summed E-state index contributed by atoms with van der Waals surface area (Å²) in [4.78, 5) is 23.5. The van der Waals surface area contributed by atoms with Crippen LogP contribution in [0.25, 0.3) is 0 Å². The van der Waals surface area contributed by atoms with Crippen LogP contribution in [-0.4, -0.2) is 43.8 Å². The maximum absolute atomic E-state index is 13.4. The number of sulfone groups is 1. The van der Waals surface area contributed by atoms with Gasteiger partial charge in [-0.05, 0) is 51.0 Å². The van der Waals surface area contributed by atoms with Crippen molar-refractivity contribution in [1.82, 2.24) is 0 Å². The summed E-state index contributed by atoms with van der Waals surface area (Å²) in [7, 11) is -4.53. The molecule has 0 radical (unpaired) electrons. The van der Waals surface area contributed by atoms with E-state index in [1.807, 2.05) is 0 Å². The fraction of sp³-hybridized carbons (Fsp3) is 0.300. The van der Waals surface area contributed by atoms with Crippen molar-refractivity contribution < 1.29 is 37.7 Å². The molecular weight excluding hydrogens is 400 g/mol. The van der Waals surface area contributed by atoms with Gasteiger partial charge in [-0.3, -0.25) is 0 Å². The second-order valence-corrected chi connectivity index (χ2v) is 8.06. The van der Waals surface area contributed by atoms with Gasteiger partial charge in [0.05, 0.1) is 18.1 Å². The largest absolute Gasteiger partial charge is 0.507 e.